The van der Waals surface area contributed by atoms with Crippen molar-refractivity contribution in [2.24, 2.45) is 0 Å². The Morgan fingerprint density at radius 1 is 1.12 bits per heavy atom. The predicted molar refractivity (Wildman–Crippen MR) is 122 cm³/mol. The van der Waals surface area contributed by atoms with E-state index < -0.39 is 0 Å². The van der Waals surface area contributed by atoms with Gasteiger partial charge in [0.05, 0.1) is 30.8 Å². The molecule has 0 radical (unpaired) electrons. The maximum absolute atomic E-state index is 12.7. The molecule has 0 aliphatic heterocycles. The highest BCUT2D eigenvalue weighted by atomic mass is 16.5. The Bertz CT molecular complexity index is 1400. The Kier molecular flexibility index (Phi) is 5.38. The summed E-state index contributed by atoms with van der Waals surface area (Å²) in [4.78, 5) is 21.5. The molecule has 10 heteroatoms. The van der Waals surface area contributed by atoms with Crippen molar-refractivity contribution in [1.82, 2.24) is 35.1 Å². The van der Waals surface area contributed by atoms with Gasteiger partial charge in [0, 0.05) is 30.1 Å². The lowest BCUT2D eigenvalue weighted by atomic mass is 10.1. The van der Waals surface area contributed by atoms with Gasteiger partial charge < -0.3 is 15.4 Å². The molecule has 3 heterocycles. The second kappa shape index (κ2) is 8.79. The molecular weight excluding hydrogens is 420 g/mol. The molecule has 0 aliphatic carbocycles. The molecule has 1 amide bonds. The van der Waals surface area contributed by atoms with E-state index >= 15 is 0 Å². The van der Waals surface area contributed by atoms with Gasteiger partial charge in [0.15, 0.2) is 11.5 Å². The topological polar surface area (TPSA) is 122 Å². The Labute approximate surface area is 188 Å². The summed E-state index contributed by atoms with van der Waals surface area (Å²) in [7, 11) is 1.53. The van der Waals surface area contributed by atoms with Crippen molar-refractivity contribution in [3.8, 4) is 17.0 Å². The van der Waals surface area contributed by atoms with Crippen molar-refractivity contribution < 1.29 is 9.53 Å². The number of nitrogens with zero attached hydrogens (tertiary/aromatic N) is 5. The molecule has 0 saturated carbocycles. The number of aromatic nitrogens is 6. The lowest BCUT2D eigenvalue weighted by molar-refractivity contribution is 0.0948. The molecule has 0 bridgehead atoms. The largest absolute Gasteiger partial charge is 0.496 e. The van der Waals surface area contributed by atoms with Gasteiger partial charge in [0.1, 0.15) is 12.1 Å². The molecule has 0 atom stereocenters. The van der Waals surface area contributed by atoms with Crippen LogP contribution in [0.1, 0.15) is 15.9 Å². The van der Waals surface area contributed by atoms with E-state index in [9.17, 15) is 4.79 Å². The first kappa shape index (κ1) is 20.2. The maximum Gasteiger partial charge on any atom is 0.255 e. The number of H-pyrrole nitrogens is 1. The SMILES string of the molecule is COc1cc(Nc2ncc(-c3cn[nH]c3)n3ncnc23)ccc1C(=O)NCc1ccccc1. The zero-order valence-corrected chi connectivity index (χ0v) is 17.7. The number of methoxy groups -OCH3 is 1. The van der Waals surface area contributed by atoms with Crippen molar-refractivity contribution in [3.63, 3.8) is 0 Å². The third kappa shape index (κ3) is 4.09. The van der Waals surface area contributed by atoms with E-state index in [4.69, 9.17) is 4.74 Å². The molecule has 0 unspecified atom stereocenters. The Morgan fingerprint density at radius 3 is 2.79 bits per heavy atom. The van der Waals surface area contributed by atoms with Crippen LogP contribution in [0.4, 0.5) is 11.5 Å². The molecule has 33 heavy (non-hydrogen) atoms. The zero-order chi connectivity index (χ0) is 22.6. The van der Waals surface area contributed by atoms with Gasteiger partial charge in [-0.05, 0) is 17.7 Å². The molecule has 0 spiro atoms. The highest BCUT2D eigenvalue weighted by Crippen LogP contribution is 2.27. The van der Waals surface area contributed by atoms with E-state index in [0.29, 0.717) is 35.0 Å². The minimum absolute atomic E-state index is 0.218. The molecule has 10 nitrogen and oxygen atoms in total. The van der Waals surface area contributed by atoms with Gasteiger partial charge in [-0.25, -0.2) is 14.5 Å². The number of carbonyl (C=O) groups is 1. The summed E-state index contributed by atoms with van der Waals surface area (Å²) in [5.41, 5.74) is 4.31. The highest BCUT2D eigenvalue weighted by molar-refractivity contribution is 5.97. The summed E-state index contributed by atoms with van der Waals surface area (Å²) in [5.74, 6) is 0.742. The molecule has 3 aromatic heterocycles. The number of fused-ring (bicyclic) bond motifs is 1. The van der Waals surface area contributed by atoms with Crippen LogP contribution in [0.25, 0.3) is 16.9 Å². The quantitative estimate of drug-likeness (QED) is 0.355. The summed E-state index contributed by atoms with van der Waals surface area (Å²) in [6, 6.07) is 15.0. The molecule has 5 rings (SSSR count). The second-order valence-corrected chi connectivity index (χ2v) is 7.18. The van der Waals surface area contributed by atoms with Crippen molar-refractivity contribution in [1.29, 1.82) is 0 Å². The first-order valence-electron chi connectivity index (χ1n) is 10.2. The number of rotatable bonds is 7. The van der Waals surface area contributed by atoms with Gasteiger partial charge in [-0.15, -0.1) is 0 Å². The van der Waals surface area contributed by atoms with E-state index in [2.05, 4.69) is 35.9 Å². The number of hydrogen-bond donors (Lipinski definition) is 3. The Balaban J connectivity index is 1.37. The van der Waals surface area contributed by atoms with E-state index in [1.807, 2.05) is 30.3 Å². The first-order chi connectivity index (χ1) is 16.2. The minimum atomic E-state index is -0.218. The van der Waals surface area contributed by atoms with E-state index in [-0.39, 0.29) is 5.91 Å². The number of hydrogen-bond acceptors (Lipinski definition) is 7. The van der Waals surface area contributed by atoms with Crippen LogP contribution < -0.4 is 15.4 Å². The molecule has 0 fully saturated rings. The number of benzene rings is 2. The molecule has 5 aromatic rings. The zero-order valence-electron chi connectivity index (χ0n) is 17.7. The number of aromatic amines is 1. The number of amides is 1. The second-order valence-electron chi connectivity index (χ2n) is 7.18. The molecular formula is C23H20N8O2. The van der Waals surface area contributed by atoms with Gasteiger partial charge in [-0.3, -0.25) is 9.89 Å². The van der Waals surface area contributed by atoms with E-state index in [1.165, 1.54) is 13.4 Å². The summed E-state index contributed by atoms with van der Waals surface area (Å²) in [5, 5.41) is 17.2. The summed E-state index contributed by atoms with van der Waals surface area (Å²) < 4.78 is 7.16. The highest BCUT2D eigenvalue weighted by Gasteiger charge is 2.15. The number of carbonyl (C=O) groups excluding carboxylic acids is 1. The fourth-order valence-corrected chi connectivity index (χ4v) is 3.46. The minimum Gasteiger partial charge on any atom is -0.496 e. The number of nitrogens with one attached hydrogen (secondary N) is 3. The lowest BCUT2D eigenvalue weighted by Crippen LogP contribution is -2.23. The first-order valence-corrected chi connectivity index (χ1v) is 10.2. The van der Waals surface area contributed by atoms with Crippen molar-refractivity contribution in [3.05, 3.63) is 84.6 Å². The van der Waals surface area contributed by atoms with Crippen LogP contribution >= 0.6 is 0 Å². The van der Waals surface area contributed by atoms with Gasteiger partial charge in [-0.1, -0.05) is 30.3 Å². The van der Waals surface area contributed by atoms with Crippen LogP contribution in [0.5, 0.6) is 5.75 Å². The van der Waals surface area contributed by atoms with Gasteiger partial charge in [-0.2, -0.15) is 10.2 Å². The van der Waals surface area contributed by atoms with Gasteiger partial charge in [0.25, 0.3) is 5.91 Å². The third-order valence-electron chi connectivity index (χ3n) is 5.10. The van der Waals surface area contributed by atoms with Gasteiger partial charge in [0.2, 0.25) is 0 Å². The lowest BCUT2D eigenvalue weighted by Gasteiger charge is -2.13. The monoisotopic (exact) mass is 440 g/mol. The van der Waals surface area contributed by atoms with Crippen molar-refractivity contribution >= 4 is 23.1 Å². The van der Waals surface area contributed by atoms with E-state index in [1.54, 1.807) is 41.3 Å². The molecule has 164 valence electrons. The van der Waals surface area contributed by atoms with Crippen LogP contribution in [0.2, 0.25) is 0 Å². The summed E-state index contributed by atoms with van der Waals surface area (Å²) in [6.07, 6.45) is 6.61. The van der Waals surface area contributed by atoms with E-state index in [0.717, 1.165) is 16.8 Å². The van der Waals surface area contributed by atoms with Crippen LogP contribution in [0.3, 0.4) is 0 Å². The number of ether oxygens (including phenoxy) is 1. The van der Waals surface area contributed by atoms with Crippen LogP contribution in [-0.4, -0.2) is 42.8 Å². The molecule has 2 aromatic carbocycles. The van der Waals surface area contributed by atoms with Gasteiger partial charge >= 0.3 is 0 Å². The average molecular weight is 440 g/mol. The van der Waals surface area contributed by atoms with Crippen molar-refractivity contribution in [2.45, 2.75) is 6.54 Å². The van der Waals surface area contributed by atoms with Crippen molar-refractivity contribution in [2.75, 3.05) is 12.4 Å². The van der Waals surface area contributed by atoms with Crippen LogP contribution in [0, 0.1) is 0 Å². The summed E-state index contributed by atoms with van der Waals surface area (Å²) in [6.45, 7) is 0.431. The third-order valence-corrected chi connectivity index (χ3v) is 5.10. The molecule has 3 N–H and O–H groups in total. The molecule has 0 saturated heterocycles. The fraction of sp³-hybridized carbons (Fsp3) is 0.0870. The standard InChI is InChI=1S/C23H20N8O2/c1-33-20-9-17(7-8-18(20)23(32)25-10-15-5-3-2-4-6-15)30-21-22-26-14-29-31(22)19(13-24-21)16-11-27-28-12-16/h2-9,11-14H,10H2,1H3,(H,24,30)(H,25,32)(H,27,28). The molecule has 0 aliphatic rings. The smallest absolute Gasteiger partial charge is 0.255 e. The Hall–Kier alpha value is -4.73. The predicted octanol–water partition coefficient (Wildman–Crippen LogP) is 3.20. The maximum atomic E-state index is 12.7. The number of anilines is 2. The summed E-state index contributed by atoms with van der Waals surface area (Å²) >= 11 is 0. The van der Waals surface area contributed by atoms with Crippen LogP contribution in [0.15, 0.2) is 73.4 Å². The van der Waals surface area contributed by atoms with Crippen LogP contribution in [-0.2, 0) is 6.54 Å². The normalized spacial score (nSPS) is 10.8. The average Bonchev–Trinajstić information content (AvgIpc) is 3.56. The Morgan fingerprint density at radius 2 is 2.00 bits per heavy atom. The fourth-order valence-electron chi connectivity index (χ4n) is 3.46.